The molecule has 4 aromatic heterocycles. The second kappa shape index (κ2) is 28.1. The van der Waals surface area contributed by atoms with Crippen LogP contribution in [0.5, 0.6) is 11.5 Å². The van der Waals surface area contributed by atoms with Crippen LogP contribution in [0.15, 0.2) is 98.1 Å². The largest absolute Gasteiger partial charge is 1.00 e. The summed E-state index contributed by atoms with van der Waals surface area (Å²) >= 11 is 12.5. The standard InChI is InChI=1S/C29H36BClN6O3.C19H21BClN3O4.C10H17N3.Li/c1-20-14-34(19-33-20)15-21-5-4-10-36(16-21)29(38)25-17-35(11-12-37(25)30(2)39)28-24-8-7-23(31)13-26(24)40-18-22-6-3-9-32-27(22)28;1-20(27)24-8-7-23(10-15(24)19(25)26)18-14-5-4-13(21)9-16(14)28-11-12-3-2-6-22-17(12)18;1-9-6-13(8-12-9)7-10-3-2-4-11-5-10;/h3,6-9,13-14,19,21,25,28,39H,4-5,10-12,15-18H2,1-2H3;2-6,9,15,18,27H,7-8,10-11H2,1H3,(H,25,26);6,8,10-11H,2-5,7H2,1H3;/q;;;+1/p-1/t21-,25?,28-;15-,18+;10-;/m011./s1. The SMILES string of the molecule is CB(O)N1CCN([C@H]2c3ccc(Cl)cc3OCc3cccnc32)CC1C(=O)N1CCC[C@@H](Cn2cnc(C)c2)C1.CB(O)N1CCN([C@H]2c3ccc(Cl)cc3OCc3cccnc32)C[C@@H]1C(=O)[O-].Cc1cn(C[C@@H]2CCCNC2)cn1.[Li+]. The van der Waals surface area contributed by atoms with Crippen LogP contribution >= 0.6 is 23.2 Å². The van der Waals surface area contributed by atoms with E-state index in [1.807, 2.05) is 90.9 Å². The molecule has 0 radical (unpaired) electrons. The fourth-order valence-electron chi connectivity index (χ4n) is 12.6. The smallest absolute Gasteiger partial charge is 0.548 e. The molecule has 4 saturated heterocycles. The van der Waals surface area contributed by atoms with E-state index in [1.165, 1.54) is 19.4 Å². The molecule has 0 saturated carbocycles. The van der Waals surface area contributed by atoms with Crippen molar-refractivity contribution in [3.05, 3.63) is 153 Å². The number of nitrogens with zero attached hydrogens (tertiary/aromatic N) is 11. The van der Waals surface area contributed by atoms with Gasteiger partial charge in [-0.1, -0.05) is 47.5 Å². The Morgan fingerprint density at radius 3 is 1.68 bits per heavy atom. The summed E-state index contributed by atoms with van der Waals surface area (Å²) in [5.74, 6) is 1.45. The number of ether oxygens (including phenoxy) is 2. The van der Waals surface area contributed by atoms with E-state index in [0.717, 1.165) is 95.7 Å². The molecule has 6 atom stereocenters. The van der Waals surface area contributed by atoms with Crippen molar-refractivity contribution >= 4 is 49.2 Å². The van der Waals surface area contributed by atoms with E-state index in [9.17, 15) is 24.7 Å². The molecule has 82 heavy (non-hydrogen) atoms. The van der Waals surface area contributed by atoms with E-state index >= 15 is 0 Å². The van der Waals surface area contributed by atoms with Crippen LogP contribution in [0.25, 0.3) is 0 Å². The summed E-state index contributed by atoms with van der Waals surface area (Å²) in [6, 6.07) is 17.2. The zero-order chi connectivity index (χ0) is 56.7. The number of likely N-dealkylation sites (tertiary alicyclic amines) is 1. The van der Waals surface area contributed by atoms with Crippen molar-refractivity contribution in [3.63, 3.8) is 0 Å². The van der Waals surface area contributed by atoms with Gasteiger partial charge >= 0.3 is 33.0 Å². The molecule has 12 rings (SSSR count). The van der Waals surface area contributed by atoms with Gasteiger partial charge in [0, 0.05) is 123 Å². The fourth-order valence-corrected chi connectivity index (χ4v) is 12.9. The topological polar surface area (TPSA) is 206 Å². The number of fused-ring (bicyclic) bond motifs is 4. The molecule has 6 aliphatic rings. The number of carbonyl (C=O) groups excluding carboxylic acids is 2. The van der Waals surface area contributed by atoms with Crippen molar-refractivity contribution in [3.8, 4) is 11.5 Å². The fraction of sp³-hybridized carbons (Fsp3) is 0.483. The first kappa shape index (κ1) is 61.3. The number of amides is 1. The van der Waals surface area contributed by atoms with Crippen molar-refractivity contribution < 1.29 is 53.1 Å². The molecule has 428 valence electrons. The van der Waals surface area contributed by atoms with Gasteiger partial charge in [0.05, 0.1) is 65.6 Å². The van der Waals surface area contributed by atoms with Crippen LogP contribution in [-0.2, 0) is 35.9 Å². The number of halogens is 2. The maximum absolute atomic E-state index is 14.2. The molecule has 10 heterocycles. The number of carboxylic acid groups (broad SMARTS) is 1. The number of carbonyl (C=O) groups is 2. The molecule has 1 unspecified atom stereocenters. The summed E-state index contributed by atoms with van der Waals surface area (Å²) in [5.41, 5.74) is 7.75. The van der Waals surface area contributed by atoms with Crippen LogP contribution < -0.4 is 38.8 Å². The molecule has 3 N–H and O–H groups in total. The zero-order valence-electron chi connectivity index (χ0n) is 47.7. The van der Waals surface area contributed by atoms with Gasteiger partial charge in [-0.25, -0.2) is 9.97 Å². The molecular weight excluding hydrogens is 1080 g/mol. The Morgan fingerprint density at radius 2 is 1.20 bits per heavy atom. The van der Waals surface area contributed by atoms with Crippen molar-refractivity contribution in [2.45, 2.75) is 104 Å². The number of pyridine rings is 2. The monoisotopic (exact) mass is 1150 g/mol. The maximum atomic E-state index is 14.2. The number of piperazine rings is 2. The van der Waals surface area contributed by atoms with Crippen molar-refractivity contribution in [1.82, 2.24) is 58.7 Å². The third kappa shape index (κ3) is 14.6. The number of imidazole rings is 2. The molecule has 0 bridgehead atoms. The maximum Gasteiger partial charge on any atom is 1.00 e. The summed E-state index contributed by atoms with van der Waals surface area (Å²) in [4.78, 5) is 53.8. The van der Waals surface area contributed by atoms with Crippen LogP contribution in [0.4, 0.5) is 0 Å². The first-order valence-electron chi connectivity index (χ1n) is 28.4. The average molecular weight is 1150 g/mol. The van der Waals surface area contributed by atoms with Crippen molar-refractivity contribution in [1.29, 1.82) is 0 Å². The molecule has 0 spiro atoms. The quantitative estimate of drug-likeness (QED) is 0.168. The summed E-state index contributed by atoms with van der Waals surface area (Å²) in [7, 11) is -1.58. The minimum atomic E-state index is -1.20. The molecule has 0 aliphatic carbocycles. The first-order valence-corrected chi connectivity index (χ1v) is 29.2. The Hall–Kier alpha value is -5.27. The predicted octanol–water partition coefficient (Wildman–Crippen LogP) is 2.02. The minimum absolute atomic E-state index is 0. The van der Waals surface area contributed by atoms with Crippen LogP contribution in [0.2, 0.25) is 23.7 Å². The minimum Gasteiger partial charge on any atom is -0.548 e. The molecule has 19 nitrogen and oxygen atoms in total. The van der Waals surface area contributed by atoms with Crippen LogP contribution in [0, 0.1) is 25.7 Å². The third-order valence-corrected chi connectivity index (χ3v) is 17.0. The van der Waals surface area contributed by atoms with Gasteiger partial charge in [-0.2, -0.15) is 0 Å². The van der Waals surface area contributed by atoms with Crippen LogP contribution in [0.3, 0.4) is 0 Å². The Kier molecular flexibility index (Phi) is 21.0. The number of piperidine rings is 2. The predicted molar refractivity (Wildman–Crippen MR) is 309 cm³/mol. The molecule has 6 aliphatic heterocycles. The van der Waals surface area contributed by atoms with Gasteiger partial charge in [0.25, 0.3) is 0 Å². The number of aryl methyl sites for hydroxylation is 2. The zero-order valence-corrected chi connectivity index (χ0v) is 49.2. The average Bonchev–Trinajstić information content (AvgIpc) is 3.59. The van der Waals surface area contributed by atoms with Gasteiger partial charge < -0.3 is 58.4 Å². The normalized spacial score (nSPS) is 22.9. The summed E-state index contributed by atoms with van der Waals surface area (Å²) in [6.07, 6.45) is 16.3. The first-order chi connectivity index (χ1) is 39.2. The number of hydrogen-bond donors (Lipinski definition) is 3. The Balaban J connectivity index is 0.000000166. The molecule has 6 aromatic rings. The van der Waals surface area contributed by atoms with Gasteiger partial charge in [0.15, 0.2) is 0 Å². The van der Waals surface area contributed by atoms with E-state index < -0.39 is 32.2 Å². The number of carboxylic acids is 1. The Bertz CT molecular complexity index is 3120. The summed E-state index contributed by atoms with van der Waals surface area (Å²) in [5, 5.41) is 37.0. The molecule has 2 aromatic carbocycles. The molecule has 4 fully saturated rings. The number of aliphatic carboxylic acids is 1. The van der Waals surface area contributed by atoms with Crippen LogP contribution in [-0.4, -0.2) is 167 Å². The number of benzene rings is 2. The van der Waals surface area contributed by atoms with Crippen LogP contribution in [0.1, 0.15) is 82.8 Å². The Labute approximate surface area is 503 Å². The van der Waals surface area contributed by atoms with E-state index in [2.05, 4.69) is 51.6 Å². The van der Waals surface area contributed by atoms with Gasteiger partial charge in [-0.15, -0.1) is 0 Å². The van der Waals surface area contributed by atoms with Gasteiger partial charge in [-0.05, 0) is 115 Å². The second-order valence-corrected chi connectivity index (χ2v) is 23.2. The van der Waals surface area contributed by atoms with Crippen molar-refractivity contribution in [2.75, 3.05) is 65.4 Å². The molecule has 1 amide bonds. The number of hydrogen-bond acceptors (Lipinski definition) is 16. The third-order valence-electron chi connectivity index (χ3n) is 16.5. The second-order valence-electron chi connectivity index (χ2n) is 22.4. The van der Waals surface area contributed by atoms with E-state index in [1.54, 1.807) is 36.8 Å². The van der Waals surface area contributed by atoms with Gasteiger partial charge in [0.2, 0.25) is 5.91 Å². The summed E-state index contributed by atoms with van der Waals surface area (Å²) in [6.45, 7) is 16.8. The van der Waals surface area contributed by atoms with Crippen molar-refractivity contribution in [2.24, 2.45) is 11.8 Å². The number of aromatic nitrogens is 6. The molecular formula is C58H73B2Cl2LiN12O7. The summed E-state index contributed by atoms with van der Waals surface area (Å²) < 4.78 is 16.5. The van der Waals surface area contributed by atoms with Gasteiger partial charge in [-0.3, -0.25) is 24.6 Å². The number of nitrogens with one attached hydrogen (secondary N) is 1. The van der Waals surface area contributed by atoms with E-state index in [0.29, 0.717) is 74.2 Å². The van der Waals surface area contributed by atoms with E-state index in [-0.39, 0.29) is 43.4 Å². The molecule has 24 heteroatoms. The van der Waals surface area contributed by atoms with Gasteiger partial charge in [0.1, 0.15) is 24.7 Å². The number of rotatable bonds is 10. The Morgan fingerprint density at radius 1 is 0.683 bits per heavy atom. The van der Waals surface area contributed by atoms with E-state index in [4.69, 9.17) is 37.7 Å².